The number of primary amides is 1. The summed E-state index contributed by atoms with van der Waals surface area (Å²) in [6, 6.07) is 4.85. The summed E-state index contributed by atoms with van der Waals surface area (Å²) in [5.74, 6) is -0.104. The van der Waals surface area contributed by atoms with Crippen LogP contribution in [-0.2, 0) is 11.3 Å². The van der Waals surface area contributed by atoms with Gasteiger partial charge >= 0.3 is 11.9 Å². The molecule has 0 radical (unpaired) electrons. The van der Waals surface area contributed by atoms with Crippen molar-refractivity contribution >= 4 is 23.5 Å². The molecule has 2 unspecified atom stereocenters. The molecule has 0 aliphatic carbocycles. The molecule has 2 N–H and O–H groups in total. The number of urea groups is 1. The maximum Gasteiger partial charge on any atom is 0.421 e. The van der Waals surface area contributed by atoms with Crippen molar-refractivity contribution in [2.24, 2.45) is 5.73 Å². The van der Waals surface area contributed by atoms with Crippen LogP contribution in [0.15, 0.2) is 24.5 Å². The number of quaternary nitrogens is 1. The standard InChI is InChI=1S/C19H24ClN7O2/c1-13-4-3-9-27(13,18(21)29)17(28)19(2)7-8-25(19)11-14-10-15(20)5-6-16(14)26-12-22-23-24-26/h5-6,10,12-13H,3-4,7-9,11H2,1-2H3,(H-,21,29)/p+1/t13-,19?,27?/m1/s1. The summed E-state index contributed by atoms with van der Waals surface area (Å²) in [6.45, 7) is 5.57. The number of carbonyl (C=O) groups excluding carboxylic acids is 2. The first kappa shape index (κ1) is 19.9. The maximum atomic E-state index is 13.7. The number of likely N-dealkylation sites (tertiary alicyclic amines) is 2. The van der Waals surface area contributed by atoms with Crippen LogP contribution in [0.5, 0.6) is 0 Å². The van der Waals surface area contributed by atoms with Crippen LogP contribution in [0.25, 0.3) is 5.69 Å². The fourth-order valence-corrected chi connectivity index (χ4v) is 4.91. The van der Waals surface area contributed by atoms with Crippen LogP contribution in [0.2, 0.25) is 5.02 Å². The number of nitrogens with two attached hydrogens (primary N) is 1. The van der Waals surface area contributed by atoms with Gasteiger partial charge in [0.2, 0.25) is 0 Å². The van der Waals surface area contributed by atoms with Gasteiger partial charge in [-0.3, -0.25) is 4.90 Å². The van der Waals surface area contributed by atoms with E-state index in [0.717, 1.165) is 30.6 Å². The molecule has 0 saturated carbocycles. The highest BCUT2D eigenvalue weighted by molar-refractivity contribution is 6.30. The van der Waals surface area contributed by atoms with Crippen LogP contribution in [-0.4, -0.2) is 66.2 Å². The summed E-state index contributed by atoms with van der Waals surface area (Å²) in [5, 5.41) is 12.0. The van der Waals surface area contributed by atoms with Crippen LogP contribution in [0.3, 0.4) is 0 Å². The van der Waals surface area contributed by atoms with E-state index in [9.17, 15) is 9.59 Å². The van der Waals surface area contributed by atoms with Crippen molar-refractivity contribution in [3.05, 3.63) is 35.1 Å². The van der Waals surface area contributed by atoms with Crippen LogP contribution in [0, 0.1) is 0 Å². The number of amides is 3. The second-order valence-corrected chi connectivity index (χ2v) is 8.64. The number of imide groups is 1. The lowest BCUT2D eigenvalue weighted by atomic mass is 9.83. The van der Waals surface area contributed by atoms with E-state index in [1.165, 1.54) is 6.33 Å². The topological polar surface area (TPSA) is 107 Å². The lowest BCUT2D eigenvalue weighted by molar-refractivity contribution is -0.787. The lowest BCUT2D eigenvalue weighted by Gasteiger charge is -2.51. The maximum absolute atomic E-state index is 13.7. The van der Waals surface area contributed by atoms with Gasteiger partial charge in [-0.05, 0) is 54.5 Å². The number of nitrogens with zero attached hydrogens (tertiary/aromatic N) is 6. The van der Waals surface area contributed by atoms with Gasteiger partial charge < -0.3 is 5.73 Å². The number of tetrazole rings is 1. The summed E-state index contributed by atoms with van der Waals surface area (Å²) in [7, 11) is 0. The fourth-order valence-electron chi connectivity index (χ4n) is 4.72. The minimum atomic E-state index is -0.756. The number of hydrogen-bond acceptors (Lipinski definition) is 6. The Hall–Kier alpha value is -2.36. The highest BCUT2D eigenvalue weighted by atomic mass is 35.5. The van der Waals surface area contributed by atoms with Crippen LogP contribution in [0.1, 0.15) is 38.7 Å². The Morgan fingerprint density at radius 2 is 2.21 bits per heavy atom. The van der Waals surface area contributed by atoms with Crippen molar-refractivity contribution in [1.82, 2.24) is 25.1 Å². The highest BCUT2D eigenvalue weighted by Gasteiger charge is 2.62. The van der Waals surface area contributed by atoms with Gasteiger partial charge in [-0.2, -0.15) is 4.48 Å². The van der Waals surface area contributed by atoms with Crippen molar-refractivity contribution < 1.29 is 14.1 Å². The third-order valence-electron chi connectivity index (χ3n) is 6.67. The minimum Gasteiger partial charge on any atom is -0.318 e. The number of benzene rings is 1. The molecule has 29 heavy (non-hydrogen) atoms. The van der Waals surface area contributed by atoms with Crippen molar-refractivity contribution in [3.63, 3.8) is 0 Å². The smallest absolute Gasteiger partial charge is 0.318 e. The first-order valence-corrected chi connectivity index (χ1v) is 10.2. The Morgan fingerprint density at radius 3 is 2.76 bits per heavy atom. The first-order valence-electron chi connectivity index (χ1n) is 9.78. The largest absolute Gasteiger partial charge is 0.421 e. The molecule has 2 aliphatic heterocycles. The van der Waals surface area contributed by atoms with Gasteiger partial charge in [0.1, 0.15) is 17.9 Å². The predicted octanol–water partition coefficient (Wildman–Crippen LogP) is 1.88. The van der Waals surface area contributed by atoms with Gasteiger partial charge in [0.25, 0.3) is 0 Å². The predicted molar refractivity (Wildman–Crippen MR) is 106 cm³/mol. The zero-order valence-corrected chi connectivity index (χ0v) is 17.3. The molecule has 154 valence electrons. The van der Waals surface area contributed by atoms with E-state index < -0.39 is 11.6 Å². The van der Waals surface area contributed by atoms with Gasteiger partial charge in [-0.25, -0.2) is 14.3 Å². The van der Waals surface area contributed by atoms with Crippen molar-refractivity contribution in [3.8, 4) is 5.69 Å². The number of carbonyl (C=O) groups is 2. The van der Waals surface area contributed by atoms with Crippen LogP contribution in [0.4, 0.5) is 4.79 Å². The highest BCUT2D eigenvalue weighted by Crippen LogP contribution is 2.40. The molecule has 3 heterocycles. The molecule has 9 nitrogen and oxygen atoms in total. The normalized spacial score (nSPS) is 29.6. The Kier molecular flexibility index (Phi) is 4.92. The molecule has 2 saturated heterocycles. The molecular weight excluding hydrogens is 394 g/mol. The zero-order valence-electron chi connectivity index (χ0n) is 16.6. The summed E-state index contributed by atoms with van der Waals surface area (Å²) in [6.07, 6.45) is 3.85. The van der Waals surface area contributed by atoms with Crippen molar-refractivity contribution in [1.29, 1.82) is 0 Å². The summed E-state index contributed by atoms with van der Waals surface area (Å²) < 4.78 is 1.31. The number of rotatable bonds is 4. The van der Waals surface area contributed by atoms with Crippen molar-refractivity contribution in [2.75, 3.05) is 13.1 Å². The Balaban J connectivity index is 1.64. The Labute approximate surface area is 174 Å². The molecule has 4 rings (SSSR count). The minimum absolute atomic E-state index is 0.0952. The van der Waals surface area contributed by atoms with Gasteiger partial charge in [0.15, 0.2) is 0 Å². The lowest BCUT2D eigenvalue weighted by Crippen LogP contribution is -2.74. The molecule has 2 fully saturated rings. The van der Waals surface area contributed by atoms with Gasteiger partial charge in [0.05, 0.1) is 12.2 Å². The van der Waals surface area contributed by atoms with Gasteiger partial charge in [-0.1, -0.05) is 11.6 Å². The van der Waals surface area contributed by atoms with E-state index in [1.54, 1.807) is 10.7 Å². The summed E-state index contributed by atoms with van der Waals surface area (Å²) in [5.41, 5.74) is 6.71. The number of aromatic nitrogens is 4. The Bertz CT molecular complexity index is 950. The molecule has 1 aromatic heterocycles. The molecule has 3 atom stereocenters. The van der Waals surface area contributed by atoms with Crippen LogP contribution < -0.4 is 5.73 Å². The summed E-state index contributed by atoms with van der Waals surface area (Å²) >= 11 is 6.23. The molecule has 1 aromatic carbocycles. The Morgan fingerprint density at radius 1 is 1.41 bits per heavy atom. The van der Waals surface area contributed by atoms with E-state index in [4.69, 9.17) is 17.3 Å². The summed E-state index contributed by atoms with van der Waals surface area (Å²) in [4.78, 5) is 28.2. The second-order valence-electron chi connectivity index (χ2n) is 8.20. The number of hydrogen-bond donors (Lipinski definition) is 1. The van der Waals surface area contributed by atoms with Gasteiger partial charge in [-0.15, -0.1) is 5.10 Å². The van der Waals surface area contributed by atoms with Crippen molar-refractivity contribution in [2.45, 2.75) is 51.2 Å². The van der Waals surface area contributed by atoms with E-state index in [1.807, 2.05) is 26.0 Å². The fraction of sp³-hybridized carbons (Fsp3) is 0.526. The quantitative estimate of drug-likeness (QED) is 0.759. The first-order chi connectivity index (χ1) is 13.8. The monoisotopic (exact) mass is 418 g/mol. The molecule has 0 bridgehead atoms. The molecule has 10 heteroatoms. The molecule has 0 spiro atoms. The van der Waals surface area contributed by atoms with Gasteiger partial charge in [0, 0.05) is 31.0 Å². The van der Waals surface area contributed by atoms with Crippen LogP contribution >= 0.6 is 11.6 Å². The number of halogens is 1. The molecule has 3 amide bonds. The van der Waals surface area contributed by atoms with E-state index in [0.29, 0.717) is 24.5 Å². The van der Waals surface area contributed by atoms with E-state index in [2.05, 4.69) is 20.4 Å². The zero-order chi connectivity index (χ0) is 20.8. The molecular formula is C19H25ClN7O2+. The third-order valence-corrected chi connectivity index (χ3v) is 6.90. The third kappa shape index (κ3) is 3.04. The second kappa shape index (κ2) is 7.16. The average Bonchev–Trinajstić information content (AvgIpc) is 3.34. The van der Waals surface area contributed by atoms with E-state index in [-0.39, 0.29) is 16.4 Å². The average molecular weight is 419 g/mol. The molecule has 2 aliphatic rings. The molecule has 2 aromatic rings. The SMILES string of the molecule is C[C@@H]1CCC[N+]1(C(N)=O)C(=O)C1(C)CCN1Cc1cc(Cl)ccc1-n1cnnn1. The van der Waals surface area contributed by atoms with E-state index >= 15 is 0 Å².